The summed E-state index contributed by atoms with van der Waals surface area (Å²) < 4.78 is 0. The molecule has 3 aromatic carbocycles. The van der Waals surface area contributed by atoms with Gasteiger partial charge in [-0.15, -0.1) is 0 Å². The summed E-state index contributed by atoms with van der Waals surface area (Å²) >= 11 is 0. The van der Waals surface area contributed by atoms with Crippen LogP contribution in [0.4, 0.5) is 5.69 Å². The summed E-state index contributed by atoms with van der Waals surface area (Å²) in [6, 6.07) is 23.5. The Morgan fingerprint density at radius 3 is 2.09 bits per heavy atom. The number of fused-ring (bicyclic) bond motifs is 2. The maximum atomic E-state index is 13.3. The van der Waals surface area contributed by atoms with Gasteiger partial charge in [0.25, 0.3) is 11.8 Å². The minimum absolute atomic E-state index is 0.0117. The number of carbonyl (C=O) groups is 2. The first-order valence-electron chi connectivity index (χ1n) is 11.2. The maximum absolute atomic E-state index is 13.3. The molecule has 0 atom stereocenters. The molecule has 1 saturated heterocycles. The third-order valence-electron chi connectivity index (χ3n) is 6.27. The third kappa shape index (κ3) is 3.89. The number of benzene rings is 3. The van der Waals surface area contributed by atoms with E-state index < -0.39 is 0 Å². The average molecular weight is 439 g/mol. The highest BCUT2D eigenvalue weighted by molar-refractivity contribution is 6.07. The van der Waals surface area contributed by atoms with E-state index >= 15 is 0 Å². The van der Waals surface area contributed by atoms with E-state index in [9.17, 15) is 9.59 Å². The van der Waals surface area contributed by atoms with E-state index in [4.69, 9.17) is 0 Å². The van der Waals surface area contributed by atoms with E-state index in [1.54, 1.807) is 4.90 Å². The Bertz CT molecular complexity index is 1350. The van der Waals surface area contributed by atoms with E-state index in [0.717, 1.165) is 27.4 Å². The Labute approximate surface area is 193 Å². The lowest BCUT2D eigenvalue weighted by Gasteiger charge is -2.35. The molecule has 5 rings (SSSR count). The third-order valence-corrected chi connectivity index (χ3v) is 6.27. The van der Waals surface area contributed by atoms with Crippen LogP contribution in [0.1, 0.15) is 20.8 Å². The summed E-state index contributed by atoms with van der Waals surface area (Å²) in [5.74, 6) is -0.0845. The van der Waals surface area contributed by atoms with E-state index in [1.165, 1.54) is 0 Å². The molecule has 1 aliphatic rings. The van der Waals surface area contributed by atoms with Crippen molar-refractivity contribution in [3.8, 4) is 0 Å². The number of piperazine rings is 1. The van der Waals surface area contributed by atoms with Crippen molar-refractivity contribution in [2.24, 2.45) is 0 Å². The van der Waals surface area contributed by atoms with Crippen molar-refractivity contribution in [1.29, 1.82) is 0 Å². The molecule has 1 aromatic heterocycles. The molecule has 2 amide bonds. The Morgan fingerprint density at radius 1 is 0.758 bits per heavy atom. The van der Waals surface area contributed by atoms with Gasteiger partial charge in [0, 0.05) is 56.9 Å². The smallest absolute Gasteiger partial charge is 0.272 e. The van der Waals surface area contributed by atoms with E-state index in [-0.39, 0.29) is 11.8 Å². The number of pyridine rings is 1. The lowest BCUT2D eigenvalue weighted by Crippen LogP contribution is -2.50. The largest absolute Gasteiger partial charge is 0.377 e. The van der Waals surface area contributed by atoms with E-state index in [0.29, 0.717) is 37.4 Å². The fourth-order valence-electron chi connectivity index (χ4n) is 4.49. The van der Waals surface area contributed by atoms with E-state index in [1.807, 2.05) is 96.7 Å². The Balaban J connectivity index is 1.34. The highest BCUT2D eigenvalue weighted by Crippen LogP contribution is 2.26. The monoisotopic (exact) mass is 438 g/mol. The van der Waals surface area contributed by atoms with Gasteiger partial charge in [0.05, 0.1) is 5.52 Å². The van der Waals surface area contributed by atoms with Gasteiger partial charge in [-0.05, 0) is 29.0 Å². The number of hydrogen-bond donors (Lipinski definition) is 0. The molecule has 0 N–H and O–H groups in total. The van der Waals surface area contributed by atoms with E-state index in [2.05, 4.69) is 4.98 Å². The second-order valence-corrected chi connectivity index (χ2v) is 8.55. The molecule has 4 aromatic rings. The second-order valence-electron chi connectivity index (χ2n) is 8.55. The van der Waals surface area contributed by atoms with Gasteiger partial charge in [-0.3, -0.25) is 9.59 Å². The van der Waals surface area contributed by atoms with Crippen molar-refractivity contribution < 1.29 is 9.59 Å². The van der Waals surface area contributed by atoms with Crippen LogP contribution < -0.4 is 4.90 Å². The average Bonchev–Trinajstić information content (AvgIpc) is 2.86. The summed E-state index contributed by atoms with van der Waals surface area (Å²) in [5, 5.41) is 3.03. The number of amides is 2. The molecular formula is C27H26N4O2. The zero-order chi connectivity index (χ0) is 22.9. The van der Waals surface area contributed by atoms with Crippen LogP contribution in [0.25, 0.3) is 21.7 Å². The van der Waals surface area contributed by atoms with Crippen LogP contribution in [-0.4, -0.2) is 66.9 Å². The Kier molecular flexibility index (Phi) is 5.42. The first kappa shape index (κ1) is 20.9. The van der Waals surface area contributed by atoms with Crippen molar-refractivity contribution in [2.75, 3.05) is 45.2 Å². The van der Waals surface area contributed by atoms with Crippen molar-refractivity contribution in [1.82, 2.24) is 14.8 Å². The molecule has 166 valence electrons. The van der Waals surface area contributed by atoms with Gasteiger partial charge >= 0.3 is 0 Å². The molecule has 33 heavy (non-hydrogen) atoms. The van der Waals surface area contributed by atoms with Crippen LogP contribution >= 0.6 is 0 Å². The molecule has 6 heteroatoms. The zero-order valence-corrected chi connectivity index (χ0v) is 18.9. The van der Waals surface area contributed by atoms with Crippen LogP contribution in [0, 0.1) is 0 Å². The zero-order valence-electron chi connectivity index (χ0n) is 18.9. The quantitative estimate of drug-likeness (QED) is 0.484. The maximum Gasteiger partial charge on any atom is 0.272 e. The molecule has 0 bridgehead atoms. The molecular weight excluding hydrogens is 412 g/mol. The SMILES string of the molecule is CN(C)c1cc(C(=O)N2CCN(C(=O)c3cccc4ccccc34)CC2)nc2ccccc12. The molecule has 0 unspecified atom stereocenters. The normalized spacial score (nSPS) is 14.0. The van der Waals surface area contributed by atoms with Crippen LogP contribution in [0.5, 0.6) is 0 Å². The lowest BCUT2D eigenvalue weighted by atomic mass is 10.0. The fourth-order valence-corrected chi connectivity index (χ4v) is 4.49. The van der Waals surface area contributed by atoms with Crippen molar-refractivity contribution in [2.45, 2.75) is 0 Å². The molecule has 0 aliphatic carbocycles. The highest BCUT2D eigenvalue weighted by Gasteiger charge is 2.27. The molecule has 0 spiro atoms. The summed E-state index contributed by atoms with van der Waals surface area (Å²) in [7, 11) is 3.93. The summed E-state index contributed by atoms with van der Waals surface area (Å²) in [5.41, 5.74) is 2.91. The first-order valence-corrected chi connectivity index (χ1v) is 11.2. The van der Waals surface area contributed by atoms with Gasteiger partial charge in [0.2, 0.25) is 0 Å². The lowest BCUT2D eigenvalue weighted by molar-refractivity contribution is 0.0533. The molecule has 2 heterocycles. The minimum Gasteiger partial charge on any atom is -0.377 e. The van der Waals surface area contributed by atoms with Crippen LogP contribution in [0.3, 0.4) is 0 Å². The minimum atomic E-state index is -0.0962. The molecule has 0 saturated carbocycles. The molecule has 0 radical (unpaired) electrons. The number of anilines is 1. The van der Waals surface area contributed by atoms with Gasteiger partial charge in [0.15, 0.2) is 0 Å². The van der Waals surface area contributed by atoms with Crippen molar-refractivity contribution >= 4 is 39.2 Å². The van der Waals surface area contributed by atoms with Crippen molar-refractivity contribution in [3.05, 3.63) is 84.1 Å². The molecule has 6 nitrogen and oxygen atoms in total. The molecule has 1 aliphatic heterocycles. The first-order chi connectivity index (χ1) is 16.0. The second kappa shape index (κ2) is 8.54. The fraction of sp³-hybridized carbons (Fsp3) is 0.222. The number of aromatic nitrogens is 1. The number of hydrogen-bond acceptors (Lipinski definition) is 4. The Hall–Kier alpha value is -3.93. The summed E-state index contributed by atoms with van der Waals surface area (Å²) in [6.07, 6.45) is 0. The summed E-state index contributed by atoms with van der Waals surface area (Å²) in [6.45, 7) is 1.98. The van der Waals surface area contributed by atoms with Gasteiger partial charge in [-0.25, -0.2) is 4.98 Å². The van der Waals surface area contributed by atoms with Gasteiger partial charge < -0.3 is 14.7 Å². The number of para-hydroxylation sites is 1. The van der Waals surface area contributed by atoms with Crippen LogP contribution in [-0.2, 0) is 0 Å². The Morgan fingerprint density at radius 2 is 1.36 bits per heavy atom. The van der Waals surface area contributed by atoms with Gasteiger partial charge in [-0.1, -0.05) is 54.6 Å². The predicted octanol–water partition coefficient (Wildman–Crippen LogP) is 4.05. The van der Waals surface area contributed by atoms with Crippen LogP contribution in [0.2, 0.25) is 0 Å². The number of carbonyl (C=O) groups excluding carboxylic acids is 2. The standard InChI is InChI=1S/C27H26N4O2/c1-29(2)25-18-24(28-23-13-6-5-11-22(23)25)27(33)31-16-14-30(15-17-31)26(32)21-12-7-9-19-8-3-4-10-20(19)21/h3-13,18H,14-17H2,1-2H3. The number of rotatable bonds is 3. The number of nitrogens with zero attached hydrogens (tertiary/aromatic N) is 4. The predicted molar refractivity (Wildman–Crippen MR) is 132 cm³/mol. The van der Waals surface area contributed by atoms with Gasteiger partial charge in [-0.2, -0.15) is 0 Å². The van der Waals surface area contributed by atoms with Gasteiger partial charge in [0.1, 0.15) is 5.69 Å². The summed E-state index contributed by atoms with van der Waals surface area (Å²) in [4.78, 5) is 36.8. The van der Waals surface area contributed by atoms with Crippen molar-refractivity contribution in [3.63, 3.8) is 0 Å². The topological polar surface area (TPSA) is 56.8 Å². The highest BCUT2D eigenvalue weighted by atomic mass is 16.2. The van der Waals surface area contributed by atoms with Crippen LogP contribution in [0.15, 0.2) is 72.8 Å². The molecule has 1 fully saturated rings.